The average molecular weight is 450 g/mol. The molecular weight excluding hydrogens is 386 g/mol. The maximum atomic E-state index is 2.85. The molecule has 2 unspecified atom stereocenters. The summed E-state index contributed by atoms with van der Waals surface area (Å²) in [4.78, 5) is 2.85. The van der Waals surface area contributed by atoms with Gasteiger partial charge in [0, 0.05) is 6.54 Å². The molecule has 0 radical (unpaired) electrons. The smallest absolute Gasteiger partial charge is 0.000966 e. The fraction of sp³-hybridized carbons (Fsp3) is 1.00. The molecule has 0 aromatic carbocycles. The third-order valence-electron chi connectivity index (χ3n) is 8.31. The summed E-state index contributed by atoms with van der Waals surface area (Å²) in [5.41, 5.74) is 0. The molecule has 0 N–H and O–H groups in total. The van der Waals surface area contributed by atoms with Crippen LogP contribution < -0.4 is 0 Å². The number of rotatable bonds is 22. The van der Waals surface area contributed by atoms with Gasteiger partial charge in [0.05, 0.1) is 0 Å². The summed E-state index contributed by atoms with van der Waals surface area (Å²) in [5, 5.41) is 0. The first-order valence-corrected chi connectivity index (χ1v) is 15.5. The Morgan fingerprint density at radius 1 is 0.531 bits per heavy atom. The average Bonchev–Trinajstić information content (AvgIpc) is 2.81. The Morgan fingerprint density at radius 3 is 1.59 bits per heavy atom. The first-order valence-electron chi connectivity index (χ1n) is 15.5. The summed E-state index contributed by atoms with van der Waals surface area (Å²) in [7, 11) is 0. The minimum absolute atomic E-state index is 0.970. The van der Waals surface area contributed by atoms with Crippen molar-refractivity contribution in [1.82, 2.24) is 4.90 Å². The predicted molar refractivity (Wildman–Crippen MR) is 147 cm³/mol. The van der Waals surface area contributed by atoms with Gasteiger partial charge in [0.25, 0.3) is 0 Å². The Hall–Kier alpha value is -0.0400. The monoisotopic (exact) mass is 449 g/mol. The minimum atomic E-state index is 0.970. The highest BCUT2D eigenvalue weighted by Gasteiger charge is 2.22. The van der Waals surface area contributed by atoms with Gasteiger partial charge in [-0.3, -0.25) is 0 Å². The second kappa shape index (κ2) is 21.5. The second-order valence-corrected chi connectivity index (χ2v) is 11.4. The number of likely N-dealkylation sites (tertiary alicyclic amines) is 1. The van der Waals surface area contributed by atoms with Gasteiger partial charge in [-0.2, -0.15) is 0 Å². The van der Waals surface area contributed by atoms with E-state index < -0.39 is 0 Å². The number of hydrogen-bond donors (Lipinski definition) is 0. The highest BCUT2D eigenvalue weighted by atomic mass is 15.1. The standard InChI is InChI=1S/C31H63N/c1-5-9-13-16-21-31(20-15-11-7-3)28-32-26-24-30(25-27-32)23-17-22-29(18-12-8-4)19-14-10-6-2/h29-31H,5-28H2,1-4H3. The molecule has 1 aliphatic rings. The van der Waals surface area contributed by atoms with E-state index in [-0.39, 0.29) is 0 Å². The van der Waals surface area contributed by atoms with Crippen molar-refractivity contribution in [2.45, 2.75) is 163 Å². The largest absolute Gasteiger partial charge is 0.303 e. The first kappa shape index (κ1) is 30.0. The van der Waals surface area contributed by atoms with Gasteiger partial charge in [-0.1, -0.05) is 137 Å². The normalized spacial score (nSPS) is 17.6. The van der Waals surface area contributed by atoms with Crippen LogP contribution in [0.4, 0.5) is 0 Å². The minimum Gasteiger partial charge on any atom is -0.303 e. The van der Waals surface area contributed by atoms with Crippen LogP contribution in [0.2, 0.25) is 0 Å². The van der Waals surface area contributed by atoms with Crippen LogP contribution >= 0.6 is 0 Å². The van der Waals surface area contributed by atoms with Crippen LogP contribution in [0.15, 0.2) is 0 Å². The van der Waals surface area contributed by atoms with Gasteiger partial charge >= 0.3 is 0 Å². The Morgan fingerprint density at radius 2 is 1.00 bits per heavy atom. The van der Waals surface area contributed by atoms with Crippen LogP contribution in [-0.2, 0) is 0 Å². The van der Waals surface area contributed by atoms with Gasteiger partial charge in [-0.05, 0) is 56.5 Å². The molecule has 0 aromatic rings. The Balaban J connectivity index is 2.27. The molecule has 0 aromatic heterocycles. The van der Waals surface area contributed by atoms with Crippen molar-refractivity contribution in [3.63, 3.8) is 0 Å². The molecule has 1 rings (SSSR count). The highest BCUT2D eigenvalue weighted by molar-refractivity contribution is 4.76. The predicted octanol–water partition coefficient (Wildman–Crippen LogP) is 10.4. The van der Waals surface area contributed by atoms with E-state index in [0.717, 1.165) is 17.8 Å². The van der Waals surface area contributed by atoms with Crippen molar-refractivity contribution < 1.29 is 0 Å². The maximum absolute atomic E-state index is 2.85. The Bertz CT molecular complexity index is 371. The zero-order valence-electron chi connectivity index (χ0n) is 23.1. The van der Waals surface area contributed by atoms with Crippen LogP contribution in [0, 0.1) is 17.8 Å². The zero-order valence-corrected chi connectivity index (χ0v) is 23.1. The van der Waals surface area contributed by atoms with Crippen molar-refractivity contribution in [3.8, 4) is 0 Å². The summed E-state index contributed by atoms with van der Waals surface area (Å²) < 4.78 is 0. The molecule has 192 valence electrons. The molecule has 0 bridgehead atoms. The number of hydrogen-bond acceptors (Lipinski definition) is 1. The molecule has 1 saturated heterocycles. The van der Waals surface area contributed by atoms with Gasteiger partial charge in [0.15, 0.2) is 0 Å². The summed E-state index contributed by atoms with van der Waals surface area (Å²) >= 11 is 0. The summed E-state index contributed by atoms with van der Waals surface area (Å²) in [6, 6.07) is 0. The lowest BCUT2D eigenvalue weighted by Crippen LogP contribution is -2.37. The topological polar surface area (TPSA) is 3.24 Å². The van der Waals surface area contributed by atoms with Crippen LogP contribution in [0.5, 0.6) is 0 Å². The van der Waals surface area contributed by atoms with Crippen LogP contribution in [0.1, 0.15) is 163 Å². The molecule has 0 spiro atoms. The van der Waals surface area contributed by atoms with Crippen LogP contribution in [0.25, 0.3) is 0 Å². The van der Waals surface area contributed by atoms with Crippen molar-refractivity contribution in [1.29, 1.82) is 0 Å². The second-order valence-electron chi connectivity index (χ2n) is 11.4. The van der Waals surface area contributed by atoms with Crippen molar-refractivity contribution in [3.05, 3.63) is 0 Å². The molecular formula is C31H63N. The zero-order chi connectivity index (χ0) is 23.3. The highest BCUT2D eigenvalue weighted by Crippen LogP contribution is 2.28. The van der Waals surface area contributed by atoms with Gasteiger partial charge < -0.3 is 4.90 Å². The van der Waals surface area contributed by atoms with E-state index in [1.54, 1.807) is 0 Å². The van der Waals surface area contributed by atoms with E-state index in [4.69, 9.17) is 0 Å². The number of piperidine rings is 1. The molecule has 0 amide bonds. The summed E-state index contributed by atoms with van der Waals surface area (Å²) in [5.74, 6) is 3.02. The van der Waals surface area contributed by atoms with E-state index in [0.29, 0.717) is 0 Å². The first-order chi connectivity index (χ1) is 15.7. The molecule has 1 heteroatoms. The molecule has 1 fully saturated rings. The molecule has 1 nitrogen and oxygen atoms in total. The molecule has 32 heavy (non-hydrogen) atoms. The van der Waals surface area contributed by atoms with E-state index in [2.05, 4.69) is 32.6 Å². The summed E-state index contributed by atoms with van der Waals surface area (Å²) in [6.45, 7) is 13.6. The van der Waals surface area contributed by atoms with Crippen molar-refractivity contribution >= 4 is 0 Å². The lowest BCUT2D eigenvalue weighted by Gasteiger charge is -2.34. The van der Waals surface area contributed by atoms with Crippen LogP contribution in [-0.4, -0.2) is 24.5 Å². The van der Waals surface area contributed by atoms with E-state index >= 15 is 0 Å². The van der Waals surface area contributed by atoms with Gasteiger partial charge in [-0.25, -0.2) is 0 Å². The maximum Gasteiger partial charge on any atom is 0.000966 e. The molecule has 1 aliphatic heterocycles. The van der Waals surface area contributed by atoms with Gasteiger partial charge in [0.2, 0.25) is 0 Å². The molecule has 1 heterocycles. The van der Waals surface area contributed by atoms with E-state index in [1.807, 2.05) is 0 Å². The van der Waals surface area contributed by atoms with Crippen molar-refractivity contribution in [2.75, 3.05) is 19.6 Å². The third kappa shape index (κ3) is 15.7. The van der Waals surface area contributed by atoms with Gasteiger partial charge in [0.1, 0.15) is 0 Å². The third-order valence-corrected chi connectivity index (χ3v) is 8.31. The quantitative estimate of drug-likeness (QED) is 0.148. The fourth-order valence-electron chi connectivity index (χ4n) is 6.00. The lowest BCUT2D eigenvalue weighted by atomic mass is 9.86. The SMILES string of the molecule is CCCCCCC(CCCCC)CN1CCC(CCCC(CCCC)CCCCC)CC1. The Labute approximate surface area is 204 Å². The van der Waals surface area contributed by atoms with E-state index in [9.17, 15) is 0 Å². The summed E-state index contributed by atoms with van der Waals surface area (Å²) in [6.07, 6.45) is 30.6. The lowest BCUT2D eigenvalue weighted by molar-refractivity contribution is 0.146. The fourth-order valence-corrected chi connectivity index (χ4v) is 6.00. The van der Waals surface area contributed by atoms with Crippen LogP contribution in [0.3, 0.4) is 0 Å². The molecule has 2 atom stereocenters. The number of nitrogens with zero attached hydrogens (tertiary/aromatic N) is 1. The molecule has 0 saturated carbocycles. The van der Waals surface area contributed by atoms with Gasteiger partial charge in [-0.15, -0.1) is 0 Å². The Kier molecular flexibility index (Phi) is 20.1. The number of unbranched alkanes of at least 4 members (excludes halogenated alkanes) is 8. The van der Waals surface area contributed by atoms with Crippen molar-refractivity contribution in [2.24, 2.45) is 17.8 Å². The van der Waals surface area contributed by atoms with E-state index in [1.165, 1.54) is 154 Å². The molecule has 0 aliphatic carbocycles.